The number of para-hydroxylation sites is 1. The highest BCUT2D eigenvalue weighted by atomic mass is 35.5. The number of halogens is 1. The number of likely N-dealkylation sites (tertiary alicyclic amines) is 1. The van der Waals surface area contributed by atoms with Gasteiger partial charge in [0.25, 0.3) is 0 Å². The van der Waals surface area contributed by atoms with Gasteiger partial charge in [0, 0.05) is 30.6 Å². The van der Waals surface area contributed by atoms with E-state index in [1.54, 1.807) is 23.1 Å². The molecule has 2 aromatic rings. The summed E-state index contributed by atoms with van der Waals surface area (Å²) >= 11 is 6.06. The summed E-state index contributed by atoms with van der Waals surface area (Å²) in [5, 5.41) is 12.6. The molecule has 1 unspecified atom stereocenters. The van der Waals surface area contributed by atoms with Gasteiger partial charge in [0.2, 0.25) is 0 Å². The second-order valence-electron chi connectivity index (χ2n) is 5.77. The molecule has 6 heteroatoms. The summed E-state index contributed by atoms with van der Waals surface area (Å²) in [7, 11) is 0. The first kappa shape index (κ1) is 16.6. The Morgan fingerprint density at radius 1 is 1.29 bits per heavy atom. The molecule has 3 rings (SSSR count). The van der Waals surface area contributed by atoms with E-state index in [2.05, 4.69) is 5.32 Å². The van der Waals surface area contributed by atoms with Gasteiger partial charge < -0.3 is 20.1 Å². The number of hydrogen-bond donors (Lipinski definition) is 2. The number of anilines is 1. The third kappa shape index (κ3) is 3.99. The standard InChI is InChI=1S/C18H19ClN2O3/c19-14-6-7-17(24-15-4-2-1-3-5-15)16(10-14)20-18(23)21-9-8-13(11-21)12-22/h1-7,10,13,22H,8-9,11-12H2,(H,20,23). The van der Waals surface area contributed by atoms with Crippen LogP contribution in [0.15, 0.2) is 48.5 Å². The Hall–Kier alpha value is -2.24. The molecule has 24 heavy (non-hydrogen) atoms. The van der Waals surface area contributed by atoms with E-state index in [1.807, 2.05) is 30.3 Å². The van der Waals surface area contributed by atoms with Gasteiger partial charge in [0.15, 0.2) is 5.75 Å². The van der Waals surface area contributed by atoms with Crippen molar-refractivity contribution in [1.29, 1.82) is 0 Å². The van der Waals surface area contributed by atoms with Crippen LogP contribution in [0.4, 0.5) is 10.5 Å². The number of carbonyl (C=O) groups is 1. The van der Waals surface area contributed by atoms with Crippen LogP contribution in [0, 0.1) is 5.92 Å². The SMILES string of the molecule is O=C(Nc1cc(Cl)ccc1Oc1ccccc1)N1CCC(CO)C1. The van der Waals surface area contributed by atoms with Crippen LogP contribution in [0.3, 0.4) is 0 Å². The number of hydrogen-bond acceptors (Lipinski definition) is 3. The number of rotatable bonds is 4. The Morgan fingerprint density at radius 2 is 2.08 bits per heavy atom. The second-order valence-corrected chi connectivity index (χ2v) is 6.21. The van der Waals surface area contributed by atoms with Crippen LogP contribution in [0.5, 0.6) is 11.5 Å². The van der Waals surface area contributed by atoms with Crippen molar-refractivity contribution < 1.29 is 14.6 Å². The summed E-state index contributed by atoms with van der Waals surface area (Å²) in [5.41, 5.74) is 0.517. The first-order valence-electron chi connectivity index (χ1n) is 7.85. The van der Waals surface area contributed by atoms with E-state index in [1.165, 1.54) is 0 Å². The van der Waals surface area contributed by atoms with Crippen molar-refractivity contribution >= 4 is 23.3 Å². The van der Waals surface area contributed by atoms with Crippen molar-refractivity contribution in [2.24, 2.45) is 5.92 Å². The predicted molar refractivity (Wildman–Crippen MR) is 93.8 cm³/mol. The fraction of sp³-hybridized carbons (Fsp3) is 0.278. The van der Waals surface area contributed by atoms with E-state index < -0.39 is 0 Å². The monoisotopic (exact) mass is 346 g/mol. The lowest BCUT2D eigenvalue weighted by Gasteiger charge is -2.19. The second kappa shape index (κ2) is 7.55. The summed E-state index contributed by atoms with van der Waals surface area (Å²) in [6, 6.07) is 14.2. The van der Waals surface area contributed by atoms with E-state index in [0.29, 0.717) is 35.3 Å². The summed E-state index contributed by atoms with van der Waals surface area (Å²) in [5.74, 6) is 1.35. The molecule has 1 aliphatic rings. The first-order chi connectivity index (χ1) is 11.7. The van der Waals surface area contributed by atoms with Gasteiger partial charge in [-0.25, -0.2) is 4.79 Å². The molecule has 0 bridgehead atoms. The molecule has 0 aromatic heterocycles. The Balaban J connectivity index is 1.75. The van der Waals surface area contributed by atoms with Crippen molar-refractivity contribution in [3.63, 3.8) is 0 Å². The zero-order chi connectivity index (χ0) is 16.9. The van der Waals surface area contributed by atoms with Crippen LogP contribution in [0.1, 0.15) is 6.42 Å². The molecule has 0 aliphatic carbocycles. The predicted octanol–water partition coefficient (Wildman–Crippen LogP) is 3.98. The summed E-state index contributed by atoms with van der Waals surface area (Å²) in [6.07, 6.45) is 0.812. The van der Waals surface area contributed by atoms with E-state index in [0.717, 1.165) is 6.42 Å². The molecular formula is C18H19ClN2O3. The van der Waals surface area contributed by atoms with Gasteiger partial charge in [0.05, 0.1) is 5.69 Å². The fourth-order valence-corrected chi connectivity index (χ4v) is 2.84. The normalized spacial score (nSPS) is 16.9. The average molecular weight is 347 g/mol. The minimum absolute atomic E-state index is 0.101. The number of nitrogens with one attached hydrogen (secondary N) is 1. The Labute approximate surface area is 145 Å². The number of aliphatic hydroxyl groups is 1. The van der Waals surface area contributed by atoms with Crippen molar-refractivity contribution in [2.45, 2.75) is 6.42 Å². The zero-order valence-corrected chi connectivity index (χ0v) is 13.9. The molecule has 0 spiro atoms. The number of amides is 2. The molecule has 5 nitrogen and oxygen atoms in total. The highest BCUT2D eigenvalue weighted by molar-refractivity contribution is 6.31. The quantitative estimate of drug-likeness (QED) is 0.880. The minimum atomic E-state index is -0.217. The van der Waals surface area contributed by atoms with Crippen molar-refractivity contribution in [3.05, 3.63) is 53.6 Å². The van der Waals surface area contributed by atoms with Crippen LogP contribution >= 0.6 is 11.6 Å². The number of ether oxygens (including phenoxy) is 1. The van der Waals surface area contributed by atoms with Gasteiger partial charge in [-0.05, 0) is 36.8 Å². The van der Waals surface area contributed by atoms with Gasteiger partial charge in [-0.1, -0.05) is 29.8 Å². The number of benzene rings is 2. The molecule has 0 radical (unpaired) electrons. The van der Waals surface area contributed by atoms with E-state index in [-0.39, 0.29) is 18.6 Å². The third-order valence-corrected chi connectivity index (χ3v) is 4.22. The lowest BCUT2D eigenvalue weighted by molar-refractivity contribution is 0.208. The highest BCUT2D eigenvalue weighted by Crippen LogP contribution is 2.32. The number of carbonyl (C=O) groups excluding carboxylic acids is 1. The van der Waals surface area contributed by atoms with Crippen LogP contribution in [0.2, 0.25) is 5.02 Å². The molecule has 1 heterocycles. The van der Waals surface area contributed by atoms with Crippen molar-refractivity contribution in [2.75, 3.05) is 25.0 Å². The molecule has 2 aromatic carbocycles. The Kier molecular flexibility index (Phi) is 5.23. The highest BCUT2D eigenvalue weighted by Gasteiger charge is 2.26. The maximum atomic E-state index is 12.4. The van der Waals surface area contributed by atoms with Gasteiger partial charge in [-0.3, -0.25) is 0 Å². The lowest BCUT2D eigenvalue weighted by atomic mass is 10.1. The zero-order valence-electron chi connectivity index (χ0n) is 13.1. The molecule has 1 atom stereocenters. The molecule has 2 amide bonds. The van der Waals surface area contributed by atoms with Crippen LogP contribution in [-0.4, -0.2) is 35.7 Å². The molecule has 1 fully saturated rings. The number of aliphatic hydroxyl groups excluding tert-OH is 1. The maximum Gasteiger partial charge on any atom is 0.321 e. The molecular weight excluding hydrogens is 328 g/mol. The van der Waals surface area contributed by atoms with Gasteiger partial charge in [-0.2, -0.15) is 0 Å². The number of urea groups is 1. The summed E-state index contributed by atoms with van der Waals surface area (Å²) in [4.78, 5) is 14.1. The van der Waals surface area contributed by atoms with Crippen LogP contribution in [0.25, 0.3) is 0 Å². The van der Waals surface area contributed by atoms with E-state index >= 15 is 0 Å². The third-order valence-electron chi connectivity index (χ3n) is 3.99. The van der Waals surface area contributed by atoms with E-state index in [9.17, 15) is 9.90 Å². The molecule has 126 valence electrons. The van der Waals surface area contributed by atoms with Gasteiger partial charge >= 0.3 is 6.03 Å². The largest absolute Gasteiger partial charge is 0.455 e. The lowest BCUT2D eigenvalue weighted by Crippen LogP contribution is -2.33. The van der Waals surface area contributed by atoms with Crippen LogP contribution in [-0.2, 0) is 0 Å². The molecule has 1 saturated heterocycles. The Bertz CT molecular complexity index is 709. The maximum absolute atomic E-state index is 12.4. The fourth-order valence-electron chi connectivity index (χ4n) is 2.66. The Morgan fingerprint density at radius 3 is 2.79 bits per heavy atom. The van der Waals surface area contributed by atoms with E-state index in [4.69, 9.17) is 16.3 Å². The number of nitrogens with zero attached hydrogens (tertiary/aromatic N) is 1. The average Bonchev–Trinajstić information content (AvgIpc) is 3.07. The first-order valence-corrected chi connectivity index (χ1v) is 8.23. The van der Waals surface area contributed by atoms with Gasteiger partial charge in [0.1, 0.15) is 5.75 Å². The smallest absolute Gasteiger partial charge is 0.321 e. The van der Waals surface area contributed by atoms with Crippen molar-refractivity contribution in [1.82, 2.24) is 4.90 Å². The summed E-state index contributed by atoms with van der Waals surface area (Å²) < 4.78 is 5.84. The molecule has 2 N–H and O–H groups in total. The van der Waals surface area contributed by atoms with Crippen LogP contribution < -0.4 is 10.1 Å². The topological polar surface area (TPSA) is 61.8 Å². The summed E-state index contributed by atoms with van der Waals surface area (Å²) in [6.45, 7) is 1.29. The molecule has 0 saturated carbocycles. The minimum Gasteiger partial charge on any atom is -0.455 e. The van der Waals surface area contributed by atoms with Gasteiger partial charge in [-0.15, -0.1) is 0 Å². The molecule has 1 aliphatic heterocycles. The van der Waals surface area contributed by atoms with Crippen molar-refractivity contribution in [3.8, 4) is 11.5 Å².